The van der Waals surface area contributed by atoms with Gasteiger partial charge in [0.25, 0.3) is 0 Å². The van der Waals surface area contributed by atoms with Gasteiger partial charge in [0.2, 0.25) is 0 Å². The Labute approximate surface area is 132 Å². The first-order chi connectivity index (χ1) is 10.7. The Kier molecular flexibility index (Phi) is 3.41. The predicted molar refractivity (Wildman–Crippen MR) is 90.0 cm³/mol. The van der Waals surface area contributed by atoms with Crippen LogP contribution in [0.2, 0.25) is 0 Å². The van der Waals surface area contributed by atoms with Crippen LogP contribution in [0.5, 0.6) is 0 Å². The highest BCUT2D eigenvalue weighted by Gasteiger charge is 2.29. The molecule has 1 N–H and O–H groups in total. The minimum absolute atomic E-state index is 0.621. The molecule has 1 aromatic carbocycles. The number of anilines is 1. The van der Waals surface area contributed by atoms with Gasteiger partial charge in [-0.3, -0.25) is 0 Å². The van der Waals surface area contributed by atoms with Gasteiger partial charge in [-0.25, -0.2) is 4.68 Å². The summed E-state index contributed by atoms with van der Waals surface area (Å²) in [4.78, 5) is 2.42. The number of nitrogens with one attached hydrogen (secondary N) is 1. The van der Waals surface area contributed by atoms with Crippen LogP contribution >= 0.6 is 0 Å². The molecule has 0 radical (unpaired) electrons. The van der Waals surface area contributed by atoms with Gasteiger partial charge in [-0.2, -0.15) is 5.10 Å². The topological polar surface area (TPSA) is 33.1 Å². The SMILES string of the molecule is Cc1cccc(-n2nc(C3CCN(C)CC3)c3c2NCC3)c1. The van der Waals surface area contributed by atoms with Gasteiger partial charge in [-0.1, -0.05) is 12.1 Å². The second-order valence-corrected chi connectivity index (χ2v) is 6.72. The van der Waals surface area contributed by atoms with Crippen molar-refractivity contribution in [3.05, 3.63) is 41.1 Å². The average molecular weight is 296 g/mol. The highest BCUT2D eigenvalue weighted by Crippen LogP contribution is 2.36. The molecule has 2 aliphatic heterocycles. The summed E-state index contributed by atoms with van der Waals surface area (Å²) in [5, 5.41) is 8.57. The minimum Gasteiger partial charge on any atom is -0.369 e. The second kappa shape index (κ2) is 5.43. The van der Waals surface area contributed by atoms with Gasteiger partial charge >= 0.3 is 0 Å². The van der Waals surface area contributed by atoms with E-state index in [0.717, 1.165) is 13.0 Å². The van der Waals surface area contributed by atoms with E-state index in [9.17, 15) is 0 Å². The van der Waals surface area contributed by atoms with Crippen LogP contribution in [-0.4, -0.2) is 41.4 Å². The Morgan fingerprint density at radius 2 is 2.05 bits per heavy atom. The quantitative estimate of drug-likeness (QED) is 0.925. The fourth-order valence-electron chi connectivity index (χ4n) is 3.76. The number of likely N-dealkylation sites (tertiary alicyclic amines) is 1. The summed E-state index contributed by atoms with van der Waals surface area (Å²) in [6.45, 7) is 5.55. The summed E-state index contributed by atoms with van der Waals surface area (Å²) < 4.78 is 2.13. The number of hydrogen-bond donors (Lipinski definition) is 1. The van der Waals surface area contributed by atoms with Crippen LogP contribution in [0.4, 0.5) is 5.82 Å². The number of aromatic nitrogens is 2. The van der Waals surface area contributed by atoms with E-state index >= 15 is 0 Å². The Bertz CT molecular complexity index is 680. The summed E-state index contributed by atoms with van der Waals surface area (Å²) in [6.07, 6.45) is 3.57. The molecule has 0 atom stereocenters. The molecule has 1 aromatic heterocycles. The number of benzene rings is 1. The van der Waals surface area contributed by atoms with Crippen molar-refractivity contribution in [3.8, 4) is 5.69 Å². The van der Waals surface area contributed by atoms with Crippen molar-refractivity contribution in [2.75, 3.05) is 32.0 Å². The summed E-state index contributed by atoms with van der Waals surface area (Å²) >= 11 is 0. The van der Waals surface area contributed by atoms with Gasteiger partial charge in [-0.05, 0) is 64.0 Å². The molecule has 4 rings (SSSR count). The van der Waals surface area contributed by atoms with Crippen molar-refractivity contribution in [1.29, 1.82) is 0 Å². The molecule has 0 bridgehead atoms. The van der Waals surface area contributed by atoms with Crippen LogP contribution in [0, 0.1) is 6.92 Å². The molecule has 0 spiro atoms. The summed E-state index contributed by atoms with van der Waals surface area (Å²) in [6, 6.07) is 8.62. The zero-order valence-corrected chi connectivity index (χ0v) is 13.5. The molecule has 22 heavy (non-hydrogen) atoms. The third kappa shape index (κ3) is 2.31. The fraction of sp³-hybridized carbons (Fsp3) is 0.500. The van der Waals surface area contributed by atoms with E-state index in [1.807, 2.05) is 0 Å². The maximum absolute atomic E-state index is 5.03. The van der Waals surface area contributed by atoms with Crippen LogP contribution in [0.1, 0.15) is 35.6 Å². The number of fused-ring (bicyclic) bond motifs is 1. The van der Waals surface area contributed by atoms with Crippen LogP contribution in [-0.2, 0) is 6.42 Å². The number of aryl methyl sites for hydroxylation is 1. The van der Waals surface area contributed by atoms with E-state index in [1.165, 1.54) is 54.3 Å². The van der Waals surface area contributed by atoms with Crippen molar-refractivity contribution in [3.63, 3.8) is 0 Å². The standard InChI is InChI=1S/C18H24N4/c1-13-4-3-5-15(12-13)22-18-16(6-9-19-18)17(20-22)14-7-10-21(2)11-8-14/h3-5,12,14,19H,6-11H2,1-2H3. The lowest BCUT2D eigenvalue weighted by Crippen LogP contribution is -2.29. The molecule has 1 saturated heterocycles. The van der Waals surface area contributed by atoms with Crippen LogP contribution < -0.4 is 5.32 Å². The first-order valence-electron chi connectivity index (χ1n) is 8.33. The Hall–Kier alpha value is -1.81. The van der Waals surface area contributed by atoms with Crippen molar-refractivity contribution in [1.82, 2.24) is 14.7 Å². The van der Waals surface area contributed by atoms with E-state index in [4.69, 9.17) is 5.10 Å². The van der Waals surface area contributed by atoms with Gasteiger partial charge in [0.15, 0.2) is 0 Å². The van der Waals surface area contributed by atoms with Gasteiger partial charge in [0, 0.05) is 18.0 Å². The van der Waals surface area contributed by atoms with E-state index in [-0.39, 0.29) is 0 Å². The van der Waals surface area contributed by atoms with Gasteiger partial charge in [0.1, 0.15) is 5.82 Å². The molecule has 3 heterocycles. The molecule has 1 fully saturated rings. The van der Waals surface area contributed by atoms with E-state index < -0.39 is 0 Å². The molecule has 116 valence electrons. The van der Waals surface area contributed by atoms with Crippen molar-refractivity contribution in [2.45, 2.75) is 32.1 Å². The molecule has 0 aliphatic carbocycles. The van der Waals surface area contributed by atoms with Gasteiger partial charge < -0.3 is 10.2 Å². The van der Waals surface area contributed by atoms with E-state index in [0.29, 0.717) is 5.92 Å². The van der Waals surface area contributed by atoms with Crippen molar-refractivity contribution < 1.29 is 0 Å². The molecule has 4 nitrogen and oxygen atoms in total. The van der Waals surface area contributed by atoms with Crippen molar-refractivity contribution in [2.24, 2.45) is 0 Å². The summed E-state index contributed by atoms with van der Waals surface area (Å²) in [7, 11) is 2.22. The number of rotatable bonds is 2. The maximum Gasteiger partial charge on any atom is 0.133 e. The molecule has 2 aliphatic rings. The summed E-state index contributed by atoms with van der Waals surface area (Å²) in [5.41, 5.74) is 5.25. The zero-order chi connectivity index (χ0) is 15.1. The monoisotopic (exact) mass is 296 g/mol. The Morgan fingerprint density at radius 3 is 2.82 bits per heavy atom. The van der Waals surface area contributed by atoms with Gasteiger partial charge in [0.05, 0.1) is 11.4 Å². The average Bonchev–Trinajstić information content (AvgIpc) is 3.10. The van der Waals surface area contributed by atoms with E-state index in [1.54, 1.807) is 0 Å². The fourth-order valence-corrected chi connectivity index (χ4v) is 3.76. The molecule has 4 heteroatoms. The molecular weight excluding hydrogens is 272 g/mol. The lowest BCUT2D eigenvalue weighted by molar-refractivity contribution is 0.252. The number of hydrogen-bond acceptors (Lipinski definition) is 3. The lowest BCUT2D eigenvalue weighted by Gasteiger charge is -2.28. The molecule has 0 saturated carbocycles. The lowest BCUT2D eigenvalue weighted by atomic mass is 9.91. The van der Waals surface area contributed by atoms with Crippen LogP contribution in [0.25, 0.3) is 5.69 Å². The largest absolute Gasteiger partial charge is 0.369 e. The highest BCUT2D eigenvalue weighted by molar-refractivity contribution is 5.58. The number of nitrogens with zero attached hydrogens (tertiary/aromatic N) is 3. The van der Waals surface area contributed by atoms with E-state index in [2.05, 4.69) is 53.1 Å². The summed E-state index contributed by atoms with van der Waals surface area (Å²) in [5.74, 6) is 1.84. The van der Waals surface area contributed by atoms with Crippen LogP contribution in [0.3, 0.4) is 0 Å². The van der Waals surface area contributed by atoms with Gasteiger partial charge in [-0.15, -0.1) is 0 Å². The Balaban J connectivity index is 1.74. The smallest absolute Gasteiger partial charge is 0.133 e. The normalized spacial score (nSPS) is 19.2. The second-order valence-electron chi connectivity index (χ2n) is 6.72. The molecule has 0 unspecified atom stereocenters. The third-order valence-electron chi connectivity index (χ3n) is 5.03. The highest BCUT2D eigenvalue weighted by atomic mass is 15.3. The molecule has 2 aromatic rings. The Morgan fingerprint density at radius 1 is 1.23 bits per heavy atom. The zero-order valence-electron chi connectivity index (χ0n) is 13.5. The minimum atomic E-state index is 0.621. The third-order valence-corrected chi connectivity index (χ3v) is 5.03. The first kappa shape index (κ1) is 13.8. The van der Waals surface area contributed by atoms with Crippen molar-refractivity contribution >= 4 is 5.82 Å². The predicted octanol–water partition coefficient (Wildman–Crippen LogP) is 2.96. The molecular formula is C18H24N4. The van der Waals surface area contributed by atoms with Crippen LogP contribution in [0.15, 0.2) is 24.3 Å². The molecule has 0 amide bonds. The first-order valence-corrected chi connectivity index (χ1v) is 8.33. The maximum atomic E-state index is 5.03. The number of piperidine rings is 1.